The highest BCUT2D eigenvalue weighted by atomic mass is 16.4. The van der Waals surface area contributed by atoms with Crippen LogP contribution in [0.4, 0.5) is 4.79 Å². The van der Waals surface area contributed by atoms with Crippen LogP contribution in [0.5, 0.6) is 0 Å². The molecule has 0 aromatic rings. The molecule has 17 heavy (non-hydrogen) atoms. The molecule has 0 atom stereocenters. The third kappa shape index (κ3) is 5.01. The van der Waals surface area contributed by atoms with Gasteiger partial charge in [0, 0.05) is 40.3 Å². The Balaban J connectivity index is 2.41. The first-order valence-corrected chi connectivity index (χ1v) is 5.66. The second-order valence-electron chi connectivity index (χ2n) is 4.32. The van der Waals surface area contributed by atoms with Crippen LogP contribution in [-0.4, -0.2) is 78.7 Å². The van der Waals surface area contributed by atoms with Gasteiger partial charge in [0.2, 0.25) is 0 Å². The van der Waals surface area contributed by atoms with E-state index in [1.807, 2.05) is 4.90 Å². The number of hydrogen-bond acceptors (Lipinski definition) is 4. The summed E-state index contributed by atoms with van der Waals surface area (Å²) >= 11 is 0. The van der Waals surface area contributed by atoms with E-state index in [4.69, 9.17) is 5.11 Å². The molecule has 0 bridgehead atoms. The summed E-state index contributed by atoms with van der Waals surface area (Å²) < 4.78 is 0. The van der Waals surface area contributed by atoms with Crippen LogP contribution in [-0.2, 0) is 4.79 Å². The van der Waals surface area contributed by atoms with Crippen LogP contribution < -0.4 is 5.43 Å². The van der Waals surface area contributed by atoms with Crippen LogP contribution in [0.15, 0.2) is 0 Å². The number of carboxylic acids is 1. The van der Waals surface area contributed by atoms with Gasteiger partial charge in [-0.1, -0.05) is 0 Å². The number of nitrogens with one attached hydrogen (secondary N) is 1. The maximum Gasteiger partial charge on any atom is 0.331 e. The Kier molecular flexibility index (Phi) is 5.17. The van der Waals surface area contributed by atoms with Crippen LogP contribution in [0.2, 0.25) is 0 Å². The molecule has 0 saturated carbocycles. The molecule has 1 aliphatic heterocycles. The molecule has 2 N–H and O–H groups in total. The van der Waals surface area contributed by atoms with E-state index in [0.29, 0.717) is 19.6 Å². The molecule has 1 heterocycles. The molecule has 7 nitrogen and oxygen atoms in total. The van der Waals surface area contributed by atoms with E-state index in [-0.39, 0.29) is 12.6 Å². The summed E-state index contributed by atoms with van der Waals surface area (Å²) in [6, 6.07) is -0.132. The van der Waals surface area contributed by atoms with Crippen molar-refractivity contribution in [3.63, 3.8) is 0 Å². The molecule has 0 unspecified atom stereocenters. The highest BCUT2D eigenvalue weighted by Gasteiger charge is 2.20. The highest BCUT2D eigenvalue weighted by Crippen LogP contribution is 2.03. The minimum absolute atomic E-state index is 0.0448. The molecular weight excluding hydrogens is 224 g/mol. The summed E-state index contributed by atoms with van der Waals surface area (Å²) in [6.45, 7) is 2.59. The first-order chi connectivity index (χ1) is 7.99. The van der Waals surface area contributed by atoms with Crippen LogP contribution in [0, 0.1) is 0 Å². The van der Waals surface area contributed by atoms with Crippen molar-refractivity contribution in [2.75, 3.05) is 46.8 Å². The number of carboxylic acid groups (broad SMARTS) is 1. The van der Waals surface area contributed by atoms with Crippen LogP contribution in [0.25, 0.3) is 0 Å². The summed E-state index contributed by atoms with van der Waals surface area (Å²) in [5.74, 6) is -0.823. The molecule has 0 spiro atoms. The van der Waals surface area contributed by atoms with E-state index in [2.05, 4.69) is 5.43 Å². The third-order valence-corrected chi connectivity index (χ3v) is 2.55. The van der Waals surface area contributed by atoms with Crippen molar-refractivity contribution >= 4 is 12.0 Å². The molecule has 1 saturated heterocycles. The van der Waals surface area contributed by atoms with Crippen molar-refractivity contribution in [2.45, 2.75) is 6.42 Å². The average Bonchev–Trinajstić information content (AvgIpc) is 2.41. The molecule has 0 aromatic heterocycles. The predicted octanol–water partition coefficient (Wildman–Crippen LogP) is -0.735. The second-order valence-corrected chi connectivity index (χ2v) is 4.32. The SMILES string of the molecule is CN(C)NC(=O)N1CCCN(CC(=O)O)CC1. The Hall–Kier alpha value is -1.34. The molecule has 1 aliphatic rings. The van der Waals surface area contributed by atoms with E-state index in [9.17, 15) is 9.59 Å². The van der Waals surface area contributed by atoms with E-state index < -0.39 is 5.97 Å². The summed E-state index contributed by atoms with van der Waals surface area (Å²) in [5.41, 5.74) is 2.68. The first-order valence-electron chi connectivity index (χ1n) is 5.66. The minimum Gasteiger partial charge on any atom is -0.480 e. The number of aliphatic carboxylic acids is 1. The fourth-order valence-electron chi connectivity index (χ4n) is 1.79. The van der Waals surface area contributed by atoms with Gasteiger partial charge in [0.15, 0.2) is 0 Å². The van der Waals surface area contributed by atoms with Gasteiger partial charge in [0.1, 0.15) is 0 Å². The van der Waals surface area contributed by atoms with Crippen LogP contribution >= 0.6 is 0 Å². The molecular formula is C10H20N4O3. The number of urea groups is 1. The van der Waals surface area contributed by atoms with Crippen molar-refractivity contribution in [1.29, 1.82) is 0 Å². The lowest BCUT2D eigenvalue weighted by atomic mass is 10.4. The zero-order chi connectivity index (χ0) is 12.8. The van der Waals surface area contributed by atoms with E-state index in [1.54, 1.807) is 24.0 Å². The normalized spacial score (nSPS) is 17.9. The average molecular weight is 244 g/mol. The van der Waals surface area contributed by atoms with Gasteiger partial charge in [-0.2, -0.15) is 0 Å². The summed E-state index contributed by atoms with van der Waals surface area (Å²) in [4.78, 5) is 25.9. The van der Waals surface area contributed by atoms with Gasteiger partial charge >= 0.3 is 12.0 Å². The number of hydrogen-bond donors (Lipinski definition) is 2. The summed E-state index contributed by atoms with van der Waals surface area (Å²) in [5, 5.41) is 10.3. The van der Waals surface area contributed by atoms with Crippen LogP contribution in [0.1, 0.15) is 6.42 Å². The van der Waals surface area contributed by atoms with Gasteiger partial charge in [-0.3, -0.25) is 15.1 Å². The lowest BCUT2D eigenvalue weighted by Crippen LogP contribution is -2.47. The molecule has 2 amide bonds. The molecule has 7 heteroatoms. The first kappa shape index (κ1) is 13.7. The molecule has 98 valence electrons. The Morgan fingerprint density at radius 1 is 1.24 bits per heavy atom. The summed E-state index contributed by atoms with van der Waals surface area (Å²) in [7, 11) is 3.51. The third-order valence-electron chi connectivity index (χ3n) is 2.55. The van der Waals surface area contributed by atoms with Gasteiger partial charge in [-0.25, -0.2) is 9.80 Å². The maximum absolute atomic E-state index is 11.7. The van der Waals surface area contributed by atoms with Crippen LogP contribution in [0.3, 0.4) is 0 Å². The zero-order valence-corrected chi connectivity index (χ0v) is 10.3. The summed E-state index contributed by atoms with van der Waals surface area (Å²) in [6.07, 6.45) is 0.800. The minimum atomic E-state index is -0.823. The quantitative estimate of drug-likeness (QED) is 0.640. The molecule has 1 rings (SSSR count). The zero-order valence-electron chi connectivity index (χ0n) is 10.3. The van der Waals surface area contributed by atoms with Crippen molar-refractivity contribution in [1.82, 2.24) is 20.2 Å². The van der Waals surface area contributed by atoms with E-state index in [1.165, 1.54) is 0 Å². The Morgan fingerprint density at radius 2 is 1.94 bits per heavy atom. The van der Waals surface area contributed by atoms with Crippen molar-refractivity contribution in [3.05, 3.63) is 0 Å². The second kappa shape index (κ2) is 6.41. The lowest BCUT2D eigenvalue weighted by molar-refractivity contribution is -0.138. The van der Waals surface area contributed by atoms with Gasteiger partial charge in [0.05, 0.1) is 6.54 Å². The Bertz CT molecular complexity index is 283. The number of rotatable bonds is 3. The Morgan fingerprint density at radius 3 is 2.53 bits per heavy atom. The molecule has 1 fully saturated rings. The molecule has 0 aromatic carbocycles. The Labute approximate surface area is 101 Å². The number of hydrazine groups is 1. The molecule has 0 aliphatic carbocycles. The fourth-order valence-corrected chi connectivity index (χ4v) is 1.79. The monoisotopic (exact) mass is 244 g/mol. The number of amides is 2. The smallest absolute Gasteiger partial charge is 0.331 e. The largest absolute Gasteiger partial charge is 0.480 e. The highest BCUT2D eigenvalue weighted by molar-refractivity contribution is 5.73. The predicted molar refractivity (Wildman–Crippen MR) is 62.5 cm³/mol. The number of nitrogens with zero attached hydrogens (tertiary/aromatic N) is 3. The number of carbonyl (C=O) groups is 2. The molecule has 0 radical (unpaired) electrons. The maximum atomic E-state index is 11.7. The van der Waals surface area contributed by atoms with Crippen molar-refractivity contribution in [3.8, 4) is 0 Å². The van der Waals surface area contributed by atoms with E-state index >= 15 is 0 Å². The van der Waals surface area contributed by atoms with Gasteiger partial charge < -0.3 is 10.0 Å². The lowest BCUT2D eigenvalue weighted by Gasteiger charge is -2.23. The van der Waals surface area contributed by atoms with Gasteiger partial charge in [0.25, 0.3) is 0 Å². The fraction of sp³-hybridized carbons (Fsp3) is 0.800. The van der Waals surface area contributed by atoms with Gasteiger partial charge in [-0.05, 0) is 6.42 Å². The van der Waals surface area contributed by atoms with E-state index in [0.717, 1.165) is 13.0 Å². The topological polar surface area (TPSA) is 76.1 Å². The van der Waals surface area contributed by atoms with Crippen molar-refractivity contribution in [2.24, 2.45) is 0 Å². The van der Waals surface area contributed by atoms with Crippen molar-refractivity contribution < 1.29 is 14.7 Å². The van der Waals surface area contributed by atoms with Gasteiger partial charge in [-0.15, -0.1) is 0 Å². The number of carbonyl (C=O) groups excluding carboxylic acids is 1. The standard InChI is InChI=1S/C10H20N4O3/c1-12(2)11-10(17)14-5-3-4-13(6-7-14)8-9(15)16/h3-8H2,1-2H3,(H,11,17)(H,15,16).